The molecule has 1 aromatic carbocycles. The quantitative estimate of drug-likeness (QED) is 0.630. The maximum absolute atomic E-state index is 12.8. The summed E-state index contributed by atoms with van der Waals surface area (Å²) in [5, 5.41) is 7.27. The number of aryl methyl sites for hydroxylation is 3. The van der Waals surface area contributed by atoms with E-state index >= 15 is 0 Å². The molecular formula is C16H20FN3OS. The molecule has 0 unspecified atom stereocenters. The van der Waals surface area contributed by atoms with Gasteiger partial charge >= 0.3 is 0 Å². The Balaban J connectivity index is 1.63. The Morgan fingerprint density at radius 2 is 2.05 bits per heavy atom. The number of aromatic nitrogens is 2. The number of carbonyl (C=O) groups is 1. The molecule has 0 aliphatic rings. The minimum Gasteiger partial charge on any atom is -0.355 e. The fraction of sp³-hybridized carbons (Fsp3) is 0.375. The minimum absolute atomic E-state index is 0.0114. The number of benzene rings is 1. The number of amides is 1. The molecular weight excluding hydrogens is 301 g/mol. The molecule has 2 rings (SSSR count). The molecule has 1 heterocycles. The first-order valence-electron chi connectivity index (χ1n) is 7.21. The van der Waals surface area contributed by atoms with Gasteiger partial charge in [-0.25, -0.2) is 4.39 Å². The zero-order valence-electron chi connectivity index (χ0n) is 12.8. The normalized spacial score (nSPS) is 10.7. The molecule has 0 aliphatic carbocycles. The molecule has 0 spiro atoms. The molecule has 4 nitrogen and oxygen atoms in total. The van der Waals surface area contributed by atoms with Gasteiger partial charge in [0.2, 0.25) is 5.91 Å². The summed E-state index contributed by atoms with van der Waals surface area (Å²) in [6, 6.07) is 8.19. The monoisotopic (exact) mass is 321 g/mol. The minimum atomic E-state index is -0.266. The largest absolute Gasteiger partial charge is 0.355 e. The highest BCUT2D eigenvalue weighted by Crippen LogP contribution is 2.17. The Labute approximate surface area is 134 Å². The van der Waals surface area contributed by atoms with E-state index < -0.39 is 0 Å². The molecule has 0 radical (unpaired) electrons. The van der Waals surface area contributed by atoms with E-state index in [2.05, 4.69) is 10.4 Å². The van der Waals surface area contributed by atoms with Crippen molar-refractivity contribution in [3.05, 3.63) is 47.5 Å². The van der Waals surface area contributed by atoms with E-state index in [1.165, 1.54) is 23.9 Å². The highest BCUT2D eigenvalue weighted by molar-refractivity contribution is 8.00. The third-order valence-electron chi connectivity index (χ3n) is 3.16. The Kier molecular flexibility index (Phi) is 6.00. The predicted octanol–water partition coefficient (Wildman–Crippen LogP) is 2.94. The topological polar surface area (TPSA) is 46.9 Å². The molecule has 2 aromatic rings. The molecule has 1 amide bonds. The highest BCUT2D eigenvalue weighted by atomic mass is 32.2. The van der Waals surface area contributed by atoms with Crippen molar-refractivity contribution in [1.29, 1.82) is 0 Å². The number of hydrogen-bond donors (Lipinski definition) is 1. The van der Waals surface area contributed by atoms with Crippen LogP contribution in [0.1, 0.15) is 17.8 Å². The molecule has 1 N–H and O–H groups in total. The molecule has 0 atom stereocenters. The van der Waals surface area contributed by atoms with Gasteiger partial charge in [0.25, 0.3) is 0 Å². The van der Waals surface area contributed by atoms with Gasteiger partial charge in [0.1, 0.15) is 5.82 Å². The first kappa shape index (κ1) is 16.5. The van der Waals surface area contributed by atoms with Crippen LogP contribution in [-0.2, 0) is 11.3 Å². The van der Waals surface area contributed by atoms with Gasteiger partial charge in [-0.05, 0) is 50.6 Å². The van der Waals surface area contributed by atoms with Crippen LogP contribution in [0.25, 0.3) is 0 Å². The lowest BCUT2D eigenvalue weighted by Gasteiger charge is -2.07. The van der Waals surface area contributed by atoms with Crippen molar-refractivity contribution in [3.8, 4) is 0 Å². The van der Waals surface area contributed by atoms with Gasteiger partial charge in [0.05, 0.1) is 11.4 Å². The van der Waals surface area contributed by atoms with Gasteiger partial charge in [-0.2, -0.15) is 5.10 Å². The summed E-state index contributed by atoms with van der Waals surface area (Å²) in [6.07, 6.45) is 0.842. The second-order valence-electron chi connectivity index (χ2n) is 5.10. The fourth-order valence-corrected chi connectivity index (χ4v) is 2.82. The number of nitrogens with zero attached hydrogens (tertiary/aromatic N) is 2. The molecule has 0 aliphatic heterocycles. The summed E-state index contributed by atoms with van der Waals surface area (Å²) in [6.45, 7) is 5.42. The van der Waals surface area contributed by atoms with E-state index in [0.29, 0.717) is 12.3 Å². The maximum Gasteiger partial charge on any atom is 0.230 e. The first-order chi connectivity index (χ1) is 10.5. The number of nitrogens with one attached hydrogen (secondary N) is 1. The second kappa shape index (κ2) is 7.98. The second-order valence-corrected chi connectivity index (χ2v) is 6.15. The van der Waals surface area contributed by atoms with E-state index in [4.69, 9.17) is 0 Å². The van der Waals surface area contributed by atoms with Crippen molar-refractivity contribution in [2.45, 2.75) is 31.7 Å². The third-order valence-corrected chi connectivity index (χ3v) is 4.17. The lowest BCUT2D eigenvalue weighted by Crippen LogP contribution is -2.27. The summed E-state index contributed by atoms with van der Waals surface area (Å²) in [4.78, 5) is 12.6. The lowest BCUT2D eigenvalue weighted by atomic mass is 10.4. The average Bonchev–Trinajstić information content (AvgIpc) is 2.81. The van der Waals surface area contributed by atoms with Crippen LogP contribution in [0.4, 0.5) is 4.39 Å². The molecule has 6 heteroatoms. The highest BCUT2D eigenvalue weighted by Gasteiger charge is 2.04. The van der Waals surface area contributed by atoms with Gasteiger partial charge in [-0.15, -0.1) is 11.8 Å². The Bertz CT molecular complexity index is 625. The Morgan fingerprint density at radius 1 is 1.32 bits per heavy atom. The van der Waals surface area contributed by atoms with Gasteiger partial charge in [0.15, 0.2) is 0 Å². The Morgan fingerprint density at radius 3 is 2.68 bits per heavy atom. The molecule has 0 saturated carbocycles. The van der Waals surface area contributed by atoms with Crippen molar-refractivity contribution >= 4 is 17.7 Å². The summed E-state index contributed by atoms with van der Waals surface area (Å²) in [7, 11) is 0. The van der Waals surface area contributed by atoms with Gasteiger partial charge in [0, 0.05) is 23.7 Å². The van der Waals surface area contributed by atoms with Crippen LogP contribution in [0.2, 0.25) is 0 Å². The summed E-state index contributed by atoms with van der Waals surface area (Å²) in [5.74, 6) is 0.0616. The van der Waals surface area contributed by atoms with Crippen LogP contribution in [0.15, 0.2) is 35.2 Å². The van der Waals surface area contributed by atoms with Crippen molar-refractivity contribution in [3.63, 3.8) is 0 Å². The maximum atomic E-state index is 12.8. The number of carbonyl (C=O) groups excluding carboxylic acids is 1. The first-order valence-corrected chi connectivity index (χ1v) is 8.19. The van der Waals surface area contributed by atoms with E-state index in [9.17, 15) is 9.18 Å². The summed E-state index contributed by atoms with van der Waals surface area (Å²) in [5.41, 5.74) is 2.15. The molecule has 118 valence electrons. The van der Waals surface area contributed by atoms with Crippen LogP contribution in [0, 0.1) is 19.7 Å². The van der Waals surface area contributed by atoms with E-state index in [1.54, 1.807) is 12.1 Å². The molecule has 1 aromatic heterocycles. The number of hydrogen-bond acceptors (Lipinski definition) is 3. The molecule has 0 fully saturated rings. The molecule has 0 bridgehead atoms. The van der Waals surface area contributed by atoms with Crippen LogP contribution >= 0.6 is 11.8 Å². The van der Waals surface area contributed by atoms with Crippen LogP contribution in [-0.4, -0.2) is 28.0 Å². The summed E-state index contributed by atoms with van der Waals surface area (Å²) < 4.78 is 14.7. The number of thioether (sulfide) groups is 1. The predicted molar refractivity (Wildman–Crippen MR) is 86.5 cm³/mol. The van der Waals surface area contributed by atoms with E-state index in [1.807, 2.05) is 24.6 Å². The molecule has 0 saturated heterocycles. The van der Waals surface area contributed by atoms with Gasteiger partial charge in [-0.3, -0.25) is 9.48 Å². The summed E-state index contributed by atoms with van der Waals surface area (Å²) >= 11 is 1.40. The fourth-order valence-electron chi connectivity index (χ4n) is 2.09. The average molecular weight is 321 g/mol. The van der Waals surface area contributed by atoms with E-state index in [-0.39, 0.29) is 11.7 Å². The van der Waals surface area contributed by atoms with Crippen LogP contribution in [0.3, 0.4) is 0 Å². The van der Waals surface area contributed by atoms with Crippen molar-refractivity contribution < 1.29 is 9.18 Å². The van der Waals surface area contributed by atoms with Gasteiger partial charge in [-0.1, -0.05) is 0 Å². The van der Waals surface area contributed by atoms with Gasteiger partial charge < -0.3 is 5.32 Å². The van der Waals surface area contributed by atoms with Crippen molar-refractivity contribution in [2.24, 2.45) is 0 Å². The van der Waals surface area contributed by atoms with Crippen LogP contribution in [0.5, 0.6) is 0 Å². The lowest BCUT2D eigenvalue weighted by molar-refractivity contribution is -0.118. The number of halogens is 1. The zero-order chi connectivity index (χ0) is 15.9. The van der Waals surface area contributed by atoms with Crippen molar-refractivity contribution in [2.75, 3.05) is 12.3 Å². The van der Waals surface area contributed by atoms with E-state index in [0.717, 1.165) is 29.2 Å². The Hall–Kier alpha value is -1.82. The SMILES string of the molecule is Cc1cc(C)n(CCCNC(=O)CSc2ccc(F)cc2)n1. The van der Waals surface area contributed by atoms with Crippen LogP contribution < -0.4 is 5.32 Å². The number of rotatable bonds is 7. The molecule has 22 heavy (non-hydrogen) atoms. The third kappa shape index (κ3) is 5.18. The zero-order valence-corrected chi connectivity index (χ0v) is 13.6. The van der Waals surface area contributed by atoms with Crippen molar-refractivity contribution in [1.82, 2.24) is 15.1 Å². The smallest absolute Gasteiger partial charge is 0.230 e. The standard InChI is InChI=1S/C16H20FN3OS/c1-12-10-13(2)20(19-12)9-3-8-18-16(21)11-22-15-6-4-14(17)5-7-15/h4-7,10H,3,8-9,11H2,1-2H3,(H,18,21).